The Hall–Kier alpha value is -1.31. The Morgan fingerprint density at radius 2 is 1.94 bits per heavy atom. The zero-order valence-electron chi connectivity index (χ0n) is 10.8. The molecule has 1 aromatic carbocycles. The van der Waals surface area contributed by atoms with Gasteiger partial charge in [0.25, 0.3) is 0 Å². The fourth-order valence-electron chi connectivity index (χ4n) is 1.81. The fourth-order valence-corrected chi connectivity index (χ4v) is 1.81. The lowest BCUT2D eigenvalue weighted by atomic mass is 9.93. The molecule has 0 aliphatic heterocycles. The van der Waals surface area contributed by atoms with Crippen molar-refractivity contribution in [1.29, 1.82) is 0 Å². The quantitative estimate of drug-likeness (QED) is 0.528. The molecule has 0 fully saturated rings. The van der Waals surface area contributed by atoms with Crippen molar-refractivity contribution >= 4 is 5.97 Å². The minimum absolute atomic E-state index is 0.0749. The first-order valence-electron chi connectivity index (χ1n) is 6.48. The molecule has 0 aliphatic rings. The van der Waals surface area contributed by atoms with Gasteiger partial charge in [-0.2, -0.15) is 0 Å². The van der Waals surface area contributed by atoms with Gasteiger partial charge in [-0.1, -0.05) is 50.6 Å². The molecule has 1 aromatic rings. The molecule has 0 N–H and O–H groups in total. The third kappa shape index (κ3) is 5.03. The van der Waals surface area contributed by atoms with Gasteiger partial charge in [-0.25, -0.2) is 0 Å². The zero-order valence-corrected chi connectivity index (χ0v) is 10.8. The monoisotopic (exact) mass is 234 g/mol. The summed E-state index contributed by atoms with van der Waals surface area (Å²) in [5.41, 5.74) is 1.22. The van der Waals surface area contributed by atoms with Crippen molar-refractivity contribution in [3.05, 3.63) is 35.9 Å². The van der Waals surface area contributed by atoms with E-state index < -0.39 is 0 Å². The molecule has 0 aromatic heterocycles. The fraction of sp³-hybridized carbons (Fsp3) is 0.533. The number of esters is 1. The van der Waals surface area contributed by atoms with E-state index in [4.69, 9.17) is 4.74 Å². The summed E-state index contributed by atoms with van der Waals surface area (Å²) in [6, 6.07) is 10.2. The van der Waals surface area contributed by atoms with Gasteiger partial charge in [0.15, 0.2) is 0 Å². The highest BCUT2D eigenvalue weighted by Crippen LogP contribution is 2.23. The van der Waals surface area contributed by atoms with Crippen LogP contribution in [-0.2, 0) is 9.53 Å². The Morgan fingerprint density at radius 3 is 2.53 bits per heavy atom. The number of carbonyl (C=O) groups excluding carboxylic acids is 1. The summed E-state index contributed by atoms with van der Waals surface area (Å²) in [6.07, 6.45) is 3.47. The van der Waals surface area contributed by atoms with Gasteiger partial charge in [0, 0.05) is 0 Å². The molecule has 0 saturated carbocycles. The molecule has 1 atom stereocenters. The SMILES string of the molecule is CCCCOC(=O)CC(CC)c1ccccc1. The molecule has 1 rings (SSSR count). The summed E-state index contributed by atoms with van der Waals surface area (Å²) in [4.78, 5) is 11.6. The van der Waals surface area contributed by atoms with Crippen LogP contribution in [0.4, 0.5) is 0 Å². The maximum absolute atomic E-state index is 11.6. The molecule has 17 heavy (non-hydrogen) atoms. The van der Waals surface area contributed by atoms with Crippen molar-refractivity contribution < 1.29 is 9.53 Å². The standard InChI is InChI=1S/C15H22O2/c1-3-5-11-17-15(16)12-13(4-2)14-9-7-6-8-10-14/h6-10,13H,3-5,11-12H2,1-2H3. The van der Waals surface area contributed by atoms with E-state index in [-0.39, 0.29) is 11.9 Å². The number of benzene rings is 1. The number of ether oxygens (including phenoxy) is 1. The van der Waals surface area contributed by atoms with E-state index in [9.17, 15) is 4.79 Å². The summed E-state index contributed by atoms with van der Waals surface area (Å²) in [6.45, 7) is 4.75. The summed E-state index contributed by atoms with van der Waals surface area (Å²) < 4.78 is 5.20. The van der Waals surface area contributed by atoms with E-state index in [0.717, 1.165) is 19.3 Å². The van der Waals surface area contributed by atoms with E-state index in [0.29, 0.717) is 13.0 Å². The normalized spacial score (nSPS) is 12.1. The highest BCUT2D eigenvalue weighted by molar-refractivity contribution is 5.70. The third-order valence-electron chi connectivity index (χ3n) is 2.94. The highest BCUT2D eigenvalue weighted by Gasteiger charge is 2.14. The van der Waals surface area contributed by atoms with Gasteiger partial charge in [0.2, 0.25) is 0 Å². The lowest BCUT2D eigenvalue weighted by Crippen LogP contribution is -2.11. The van der Waals surface area contributed by atoms with Crippen molar-refractivity contribution in [2.75, 3.05) is 6.61 Å². The van der Waals surface area contributed by atoms with Gasteiger partial charge in [0.05, 0.1) is 13.0 Å². The van der Waals surface area contributed by atoms with Crippen molar-refractivity contribution in [1.82, 2.24) is 0 Å². The van der Waals surface area contributed by atoms with Crippen molar-refractivity contribution in [2.45, 2.75) is 45.4 Å². The van der Waals surface area contributed by atoms with Gasteiger partial charge in [-0.3, -0.25) is 4.79 Å². The summed E-state index contributed by atoms with van der Waals surface area (Å²) >= 11 is 0. The first kappa shape index (κ1) is 13.8. The lowest BCUT2D eigenvalue weighted by Gasteiger charge is -2.14. The maximum Gasteiger partial charge on any atom is 0.306 e. The second-order valence-corrected chi connectivity index (χ2v) is 4.29. The van der Waals surface area contributed by atoms with Gasteiger partial charge in [-0.05, 0) is 24.3 Å². The number of hydrogen-bond donors (Lipinski definition) is 0. The van der Waals surface area contributed by atoms with Gasteiger partial charge in [-0.15, -0.1) is 0 Å². The minimum atomic E-state index is -0.0749. The maximum atomic E-state index is 11.6. The molecule has 1 unspecified atom stereocenters. The lowest BCUT2D eigenvalue weighted by molar-refractivity contribution is -0.144. The second kappa shape index (κ2) is 7.88. The summed E-state index contributed by atoms with van der Waals surface area (Å²) in [7, 11) is 0. The largest absolute Gasteiger partial charge is 0.466 e. The van der Waals surface area contributed by atoms with E-state index >= 15 is 0 Å². The summed E-state index contributed by atoms with van der Waals surface area (Å²) in [5.74, 6) is 0.208. The molecule has 0 spiro atoms. The molecule has 0 aliphatic carbocycles. The van der Waals surface area contributed by atoms with Crippen LogP contribution in [0.25, 0.3) is 0 Å². The van der Waals surface area contributed by atoms with Crippen LogP contribution in [0.15, 0.2) is 30.3 Å². The van der Waals surface area contributed by atoms with E-state index in [1.807, 2.05) is 18.2 Å². The molecular formula is C15H22O2. The Morgan fingerprint density at radius 1 is 1.24 bits per heavy atom. The number of hydrogen-bond acceptors (Lipinski definition) is 2. The molecule has 0 saturated heterocycles. The Bertz CT molecular complexity index is 319. The first-order valence-corrected chi connectivity index (χ1v) is 6.48. The minimum Gasteiger partial charge on any atom is -0.466 e. The molecule has 94 valence electrons. The Kier molecular flexibility index (Phi) is 6.38. The van der Waals surface area contributed by atoms with Gasteiger partial charge in [0.1, 0.15) is 0 Å². The molecule has 2 nitrogen and oxygen atoms in total. The average Bonchev–Trinajstić information content (AvgIpc) is 2.37. The molecule has 0 amide bonds. The van der Waals surface area contributed by atoms with Crippen LogP contribution in [0.3, 0.4) is 0 Å². The van der Waals surface area contributed by atoms with Crippen LogP contribution < -0.4 is 0 Å². The van der Waals surface area contributed by atoms with E-state index in [1.54, 1.807) is 0 Å². The Labute approximate surface area is 104 Å². The number of rotatable bonds is 7. The second-order valence-electron chi connectivity index (χ2n) is 4.29. The molecule has 2 heteroatoms. The Balaban J connectivity index is 2.44. The van der Waals surface area contributed by atoms with Crippen LogP contribution in [0.1, 0.15) is 51.0 Å². The van der Waals surface area contributed by atoms with Crippen molar-refractivity contribution in [3.8, 4) is 0 Å². The zero-order chi connectivity index (χ0) is 12.5. The van der Waals surface area contributed by atoms with Crippen LogP contribution in [0.2, 0.25) is 0 Å². The first-order chi connectivity index (χ1) is 8.27. The predicted molar refractivity (Wildman–Crippen MR) is 70.0 cm³/mol. The molecule has 0 bridgehead atoms. The van der Waals surface area contributed by atoms with Crippen LogP contribution in [0.5, 0.6) is 0 Å². The number of carbonyl (C=O) groups is 1. The smallest absolute Gasteiger partial charge is 0.306 e. The number of unbranched alkanes of at least 4 members (excludes halogenated alkanes) is 1. The van der Waals surface area contributed by atoms with Crippen LogP contribution >= 0.6 is 0 Å². The molecule has 0 heterocycles. The van der Waals surface area contributed by atoms with Crippen LogP contribution in [0, 0.1) is 0 Å². The van der Waals surface area contributed by atoms with Crippen LogP contribution in [-0.4, -0.2) is 12.6 Å². The van der Waals surface area contributed by atoms with E-state index in [2.05, 4.69) is 26.0 Å². The predicted octanol–water partition coefficient (Wildman–Crippen LogP) is 3.91. The van der Waals surface area contributed by atoms with Crippen molar-refractivity contribution in [2.24, 2.45) is 0 Å². The third-order valence-corrected chi connectivity index (χ3v) is 2.94. The molecule has 0 radical (unpaired) electrons. The van der Waals surface area contributed by atoms with E-state index in [1.165, 1.54) is 5.56 Å². The van der Waals surface area contributed by atoms with Gasteiger partial charge >= 0.3 is 5.97 Å². The average molecular weight is 234 g/mol. The molecular weight excluding hydrogens is 212 g/mol. The topological polar surface area (TPSA) is 26.3 Å². The van der Waals surface area contributed by atoms with Gasteiger partial charge < -0.3 is 4.74 Å². The highest BCUT2D eigenvalue weighted by atomic mass is 16.5. The van der Waals surface area contributed by atoms with Crippen molar-refractivity contribution in [3.63, 3.8) is 0 Å². The summed E-state index contributed by atoms with van der Waals surface area (Å²) in [5, 5.41) is 0.